The average Bonchev–Trinajstić information content (AvgIpc) is 2.59. The van der Waals surface area contributed by atoms with Gasteiger partial charge in [0.1, 0.15) is 0 Å². The summed E-state index contributed by atoms with van der Waals surface area (Å²) in [4.78, 5) is 4.76. The molecule has 0 aliphatic rings. The Bertz CT molecular complexity index is 481. The normalized spacial score (nSPS) is 11.8. The molecule has 1 aromatic carbocycles. The first-order valence-electron chi connectivity index (χ1n) is 9.20. The maximum absolute atomic E-state index is 5.47. The van der Waals surface area contributed by atoms with Crippen LogP contribution in [0.2, 0.25) is 0 Å². The van der Waals surface area contributed by atoms with Gasteiger partial charge in [0.2, 0.25) is 0 Å². The third kappa shape index (κ3) is 12.5. The van der Waals surface area contributed by atoms with E-state index < -0.39 is 0 Å². The Morgan fingerprint density at radius 1 is 1.08 bits per heavy atom. The van der Waals surface area contributed by atoms with E-state index >= 15 is 0 Å². The number of methoxy groups -OCH3 is 1. The molecule has 0 aliphatic carbocycles. The second-order valence-electron chi connectivity index (χ2n) is 6.91. The van der Waals surface area contributed by atoms with E-state index in [1.165, 1.54) is 5.56 Å². The first kappa shape index (κ1) is 25.1. The van der Waals surface area contributed by atoms with Gasteiger partial charge in [-0.05, 0) is 30.7 Å². The van der Waals surface area contributed by atoms with Crippen molar-refractivity contribution in [1.29, 1.82) is 0 Å². The molecule has 0 saturated heterocycles. The highest BCUT2D eigenvalue weighted by Gasteiger charge is 2.18. The lowest BCUT2D eigenvalue weighted by Crippen LogP contribution is -2.39. The fraction of sp³-hybridized carbons (Fsp3) is 0.650. The Morgan fingerprint density at radius 3 is 2.46 bits per heavy atom. The lowest BCUT2D eigenvalue weighted by molar-refractivity contribution is 0.0698. The van der Waals surface area contributed by atoms with Crippen LogP contribution in [0.15, 0.2) is 35.3 Å². The van der Waals surface area contributed by atoms with Crippen molar-refractivity contribution in [2.45, 2.75) is 33.6 Å². The zero-order chi connectivity index (χ0) is 18.4. The van der Waals surface area contributed by atoms with E-state index in [2.05, 4.69) is 61.7 Å². The van der Waals surface area contributed by atoms with Gasteiger partial charge in [-0.1, -0.05) is 44.2 Å². The van der Waals surface area contributed by atoms with Gasteiger partial charge in [0.25, 0.3) is 0 Å². The molecule has 0 aliphatic heterocycles. The van der Waals surface area contributed by atoms with Crippen LogP contribution in [0.5, 0.6) is 0 Å². The number of aliphatic imine (C=N–C) groups is 1. The Kier molecular flexibility index (Phi) is 14.7. The number of nitrogens with zero attached hydrogens (tertiary/aromatic N) is 1. The van der Waals surface area contributed by atoms with Crippen LogP contribution >= 0.6 is 24.0 Å². The van der Waals surface area contributed by atoms with Gasteiger partial charge in [-0.2, -0.15) is 0 Å². The summed E-state index contributed by atoms with van der Waals surface area (Å²) in [5.74, 6) is 0.875. The first-order chi connectivity index (χ1) is 12.1. The molecular formula is C20H36IN3O2. The van der Waals surface area contributed by atoms with Crippen LogP contribution in [-0.4, -0.2) is 52.5 Å². The van der Waals surface area contributed by atoms with Crippen molar-refractivity contribution in [1.82, 2.24) is 10.6 Å². The second-order valence-corrected chi connectivity index (χ2v) is 6.91. The van der Waals surface area contributed by atoms with Gasteiger partial charge in [0, 0.05) is 33.4 Å². The average molecular weight is 477 g/mol. The number of hydrogen-bond donors (Lipinski definition) is 2. The zero-order valence-corrected chi connectivity index (χ0v) is 19.0. The van der Waals surface area contributed by atoms with Gasteiger partial charge in [0.05, 0.1) is 13.2 Å². The number of guanidine groups is 1. The van der Waals surface area contributed by atoms with Crippen LogP contribution in [0.4, 0.5) is 0 Å². The molecule has 150 valence electrons. The van der Waals surface area contributed by atoms with Crippen LogP contribution < -0.4 is 10.6 Å². The number of halogens is 1. The third-order valence-electron chi connectivity index (χ3n) is 3.72. The topological polar surface area (TPSA) is 54.9 Å². The Hall–Kier alpha value is -0.860. The summed E-state index contributed by atoms with van der Waals surface area (Å²) in [7, 11) is 1.68. The van der Waals surface area contributed by atoms with E-state index in [0.29, 0.717) is 13.2 Å². The maximum atomic E-state index is 5.47. The predicted octanol–water partition coefficient (Wildman–Crippen LogP) is 3.48. The lowest BCUT2D eigenvalue weighted by atomic mass is 9.86. The van der Waals surface area contributed by atoms with E-state index in [-0.39, 0.29) is 29.4 Å². The highest BCUT2D eigenvalue weighted by molar-refractivity contribution is 14.0. The quantitative estimate of drug-likeness (QED) is 0.210. The van der Waals surface area contributed by atoms with Crippen molar-refractivity contribution in [2.75, 3.05) is 46.6 Å². The van der Waals surface area contributed by atoms with Crippen molar-refractivity contribution < 1.29 is 9.47 Å². The van der Waals surface area contributed by atoms with E-state index in [1.54, 1.807) is 7.11 Å². The molecule has 0 spiro atoms. The van der Waals surface area contributed by atoms with Gasteiger partial charge in [-0.15, -0.1) is 24.0 Å². The SMILES string of the molecule is CCNC(=NCC(C)(C)Cc1ccccc1)NCCCOCCOC.I. The predicted molar refractivity (Wildman–Crippen MR) is 121 cm³/mol. The summed E-state index contributed by atoms with van der Waals surface area (Å²) in [6, 6.07) is 10.6. The van der Waals surface area contributed by atoms with Crippen LogP contribution in [-0.2, 0) is 15.9 Å². The number of benzene rings is 1. The summed E-state index contributed by atoms with van der Waals surface area (Å²) in [6.45, 7) is 11.1. The molecule has 5 nitrogen and oxygen atoms in total. The fourth-order valence-corrected chi connectivity index (χ4v) is 2.46. The van der Waals surface area contributed by atoms with E-state index in [9.17, 15) is 0 Å². The molecule has 1 rings (SSSR count). The summed E-state index contributed by atoms with van der Waals surface area (Å²) < 4.78 is 10.4. The summed E-state index contributed by atoms with van der Waals surface area (Å²) in [6.07, 6.45) is 1.96. The largest absolute Gasteiger partial charge is 0.382 e. The smallest absolute Gasteiger partial charge is 0.191 e. The highest BCUT2D eigenvalue weighted by Crippen LogP contribution is 2.22. The zero-order valence-electron chi connectivity index (χ0n) is 16.7. The van der Waals surface area contributed by atoms with Crippen molar-refractivity contribution in [3.63, 3.8) is 0 Å². The van der Waals surface area contributed by atoms with Gasteiger partial charge < -0.3 is 20.1 Å². The van der Waals surface area contributed by atoms with E-state index in [4.69, 9.17) is 14.5 Å². The van der Waals surface area contributed by atoms with Gasteiger partial charge in [0.15, 0.2) is 5.96 Å². The van der Waals surface area contributed by atoms with Gasteiger partial charge >= 0.3 is 0 Å². The molecule has 1 aromatic rings. The van der Waals surface area contributed by atoms with Crippen LogP contribution in [0, 0.1) is 5.41 Å². The number of ether oxygens (including phenoxy) is 2. The van der Waals surface area contributed by atoms with Crippen molar-refractivity contribution in [2.24, 2.45) is 10.4 Å². The Balaban J connectivity index is 0.00000625. The monoisotopic (exact) mass is 477 g/mol. The minimum atomic E-state index is 0. The number of hydrogen-bond acceptors (Lipinski definition) is 3. The van der Waals surface area contributed by atoms with Crippen LogP contribution in [0.3, 0.4) is 0 Å². The van der Waals surface area contributed by atoms with Crippen molar-refractivity contribution in [3.8, 4) is 0 Å². The van der Waals surface area contributed by atoms with Crippen LogP contribution in [0.25, 0.3) is 0 Å². The molecule has 0 aromatic heterocycles. The molecule has 2 N–H and O–H groups in total. The molecule has 26 heavy (non-hydrogen) atoms. The minimum absolute atomic E-state index is 0. The molecular weight excluding hydrogens is 441 g/mol. The molecule has 0 bridgehead atoms. The Morgan fingerprint density at radius 2 is 1.81 bits per heavy atom. The maximum Gasteiger partial charge on any atom is 0.191 e. The van der Waals surface area contributed by atoms with Crippen molar-refractivity contribution in [3.05, 3.63) is 35.9 Å². The molecule has 6 heteroatoms. The van der Waals surface area contributed by atoms with Crippen LogP contribution in [0.1, 0.15) is 32.8 Å². The first-order valence-corrected chi connectivity index (χ1v) is 9.20. The molecule has 0 unspecified atom stereocenters. The minimum Gasteiger partial charge on any atom is -0.382 e. The highest BCUT2D eigenvalue weighted by atomic mass is 127. The number of rotatable bonds is 12. The molecule has 0 atom stereocenters. The third-order valence-corrected chi connectivity index (χ3v) is 3.72. The summed E-state index contributed by atoms with van der Waals surface area (Å²) >= 11 is 0. The number of nitrogens with one attached hydrogen (secondary N) is 2. The second kappa shape index (κ2) is 15.2. The van der Waals surface area contributed by atoms with Crippen molar-refractivity contribution >= 4 is 29.9 Å². The molecule has 0 fully saturated rings. The molecule has 0 heterocycles. The summed E-state index contributed by atoms with van der Waals surface area (Å²) in [5, 5.41) is 6.68. The van der Waals surface area contributed by atoms with E-state index in [0.717, 1.165) is 45.0 Å². The standard InChI is InChI=1S/C20H35N3O2.HI/c1-5-21-19(22-12-9-13-25-15-14-24-4)23-17-20(2,3)16-18-10-7-6-8-11-18;/h6-8,10-11H,5,9,12-17H2,1-4H3,(H2,21,22,23);1H. The molecule has 0 amide bonds. The van der Waals surface area contributed by atoms with Gasteiger partial charge in [-0.3, -0.25) is 4.99 Å². The van der Waals surface area contributed by atoms with E-state index in [1.807, 2.05) is 0 Å². The fourth-order valence-electron chi connectivity index (χ4n) is 2.46. The van der Waals surface area contributed by atoms with Gasteiger partial charge in [-0.25, -0.2) is 0 Å². The lowest BCUT2D eigenvalue weighted by Gasteiger charge is -2.23. The molecule has 0 radical (unpaired) electrons. The Labute approximate surface area is 176 Å². The summed E-state index contributed by atoms with van der Waals surface area (Å²) in [5.41, 5.74) is 1.47. The molecule has 0 saturated carbocycles.